The highest BCUT2D eigenvalue weighted by Crippen LogP contribution is 2.41. The van der Waals surface area contributed by atoms with E-state index in [-0.39, 0.29) is 0 Å². The average molecular weight is 302 g/mol. The maximum absolute atomic E-state index is 11.6. The molecule has 21 heavy (non-hydrogen) atoms. The fourth-order valence-electron chi connectivity index (χ4n) is 2.97. The Hall–Kier alpha value is -1.22. The molecule has 2 saturated carbocycles. The van der Waals surface area contributed by atoms with Crippen LogP contribution in [0, 0.1) is 12.8 Å². The molecular formula is C18H22O2S. The summed E-state index contributed by atoms with van der Waals surface area (Å²) in [7, 11) is 0. The molecule has 2 aliphatic carbocycles. The van der Waals surface area contributed by atoms with Gasteiger partial charge in [0.1, 0.15) is 0 Å². The van der Waals surface area contributed by atoms with Crippen LogP contribution in [0.15, 0.2) is 29.2 Å². The minimum atomic E-state index is -0.802. The van der Waals surface area contributed by atoms with Gasteiger partial charge in [0.15, 0.2) is 0 Å². The molecule has 1 N–H and O–H groups in total. The summed E-state index contributed by atoms with van der Waals surface area (Å²) in [6.07, 6.45) is 9.32. The molecule has 0 aliphatic heterocycles. The Morgan fingerprint density at radius 3 is 2.52 bits per heavy atom. The highest BCUT2D eigenvalue weighted by atomic mass is 32.2. The maximum atomic E-state index is 11.6. The second-order valence-corrected chi connectivity index (χ2v) is 7.57. The minimum absolute atomic E-state index is 0.442. The summed E-state index contributed by atoms with van der Waals surface area (Å²) in [5.41, 5.74) is 2.53. The zero-order chi connectivity index (χ0) is 14.8. The van der Waals surface area contributed by atoms with Crippen molar-refractivity contribution < 1.29 is 9.90 Å². The van der Waals surface area contributed by atoms with Crippen LogP contribution < -0.4 is 0 Å². The number of hydrogen-bond donors (Lipinski definition) is 1. The fourth-order valence-corrected chi connectivity index (χ4v) is 4.09. The van der Waals surface area contributed by atoms with Gasteiger partial charge in [-0.05, 0) is 55.7 Å². The molecule has 0 amide bonds. The number of allylic oxidation sites excluding steroid dienone is 1. The van der Waals surface area contributed by atoms with Crippen molar-refractivity contribution in [3.8, 4) is 0 Å². The normalized spacial score (nSPS) is 20.0. The number of carbonyl (C=O) groups is 1. The topological polar surface area (TPSA) is 37.3 Å². The Morgan fingerprint density at radius 1 is 1.24 bits per heavy atom. The molecule has 112 valence electrons. The van der Waals surface area contributed by atoms with Crippen LogP contribution in [0.25, 0.3) is 5.57 Å². The van der Waals surface area contributed by atoms with Crippen molar-refractivity contribution in [3.63, 3.8) is 0 Å². The lowest BCUT2D eigenvalue weighted by atomic mass is 9.98. The predicted octanol–water partition coefficient (Wildman–Crippen LogP) is 4.91. The molecule has 0 radical (unpaired) electrons. The molecule has 0 aromatic heterocycles. The molecule has 2 nitrogen and oxygen atoms in total. The fraction of sp³-hybridized carbons (Fsp3) is 0.500. The molecule has 3 heteroatoms. The SMILES string of the molecule is Cc1cc(/C(=C\C2CCCC2)C(=O)O)ccc1SC1CC1. The molecule has 0 heterocycles. The predicted molar refractivity (Wildman–Crippen MR) is 87.6 cm³/mol. The zero-order valence-electron chi connectivity index (χ0n) is 12.5. The van der Waals surface area contributed by atoms with Gasteiger partial charge >= 0.3 is 5.97 Å². The molecule has 0 saturated heterocycles. The molecule has 0 atom stereocenters. The van der Waals surface area contributed by atoms with Crippen LogP contribution in [0.5, 0.6) is 0 Å². The van der Waals surface area contributed by atoms with Gasteiger partial charge in [0.25, 0.3) is 0 Å². The van der Waals surface area contributed by atoms with Crippen molar-refractivity contribution in [2.24, 2.45) is 5.92 Å². The Kier molecular flexibility index (Phi) is 4.39. The van der Waals surface area contributed by atoms with Crippen LogP contribution in [0.1, 0.15) is 49.7 Å². The number of aliphatic carboxylic acids is 1. The van der Waals surface area contributed by atoms with Crippen LogP contribution in [-0.4, -0.2) is 16.3 Å². The van der Waals surface area contributed by atoms with Crippen molar-refractivity contribution in [2.75, 3.05) is 0 Å². The van der Waals surface area contributed by atoms with E-state index in [1.807, 2.05) is 30.0 Å². The summed E-state index contributed by atoms with van der Waals surface area (Å²) < 4.78 is 0. The lowest BCUT2D eigenvalue weighted by Crippen LogP contribution is -2.03. The quantitative estimate of drug-likeness (QED) is 0.785. The standard InChI is InChI=1S/C18H22O2S/c1-12-10-14(6-9-17(12)21-15-7-8-15)16(18(19)20)11-13-4-2-3-5-13/h6,9-11,13,15H,2-5,7-8H2,1H3,(H,19,20)/b16-11+. The molecule has 2 aliphatic rings. The summed E-state index contributed by atoms with van der Waals surface area (Å²) in [6, 6.07) is 6.12. The first-order chi connectivity index (χ1) is 10.1. The third-order valence-corrected chi connectivity index (χ3v) is 5.85. The number of aryl methyl sites for hydroxylation is 1. The number of thioether (sulfide) groups is 1. The molecule has 0 spiro atoms. The third kappa shape index (κ3) is 3.70. The van der Waals surface area contributed by atoms with E-state index in [0.717, 1.165) is 23.7 Å². The first kappa shape index (κ1) is 14.7. The number of rotatable bonds is 5. The van der Waals surface area contributed by atoms with E-state index in [1.54, 1.807) is 0 Å². The van der Waals surface area contributed by atoms with E-state index >= 15 is 0 Å². The van der Waals surface area contributed by atoms with Gasteiger partial charge in [-0.25, -0.2) is 4.79 Å². The monoisotopic (exact) mass is 302 g/mol. The van der Waals surface area contributed by atoms with E-state index in [9.17, 15) is 9.90 Å². The van der Waals surface area contributed by atoms with Gasteiger partial charge in [-0.3, -0.25) is 0 Å². The zero-order valence-corrected chi connectivity index (χ0v) is 13.3. The molecule has 1 aromatic carbocycles. The second-order valence-electron chi connectivity index (χ2n) is 6.23. The molecule has 1 aromatic rings. The number of hydrogen-bond acceptors (Lipinski definition) is 2. The van der Waals surface area contributed by atoms with E-state index in [1.165, 1.54) is 36.1 Å². The minimum Gasteiger partial charge on any atom is -0.478 e. The first-order valence-electron chi connectivity index (χ1n) is 7.86. The summed E-state index contributed by atoms with van der Waals surface area (Å²) in [5.74, 6) is -0.360. The summed E-state index contributed by atoms with van der Waals surface area (Å²) in [5, 5.41) is 10.3. The van der Waals surface area contributed by atoms with Crippen LogP contribution in [0.3, 0.4) is 0 Å². The van der Waals surface area contributed by atoms with Crippen LogP contribution in [-0.2, 0) is 4.79 Å². The van der Waals surface area contributed by atoms with Gasteiger partial charge in [-0.15, -0.1) is 11.8 Å². The summed E-state index contributed by atoms with van der Waals surface area (Å²) in [4.78, 5) is 12.9. The van der Waals surface area contributed by atoms with Crippen LogP contribution in [0.2, 0.25) is 0 Å². The smallest absolute Gasteiger partial charge is 0.335 e. The summed E-state index contributed by atoms with van der Waals surface area (Å²) in [6.45, 7) is 2.09. The Bertz CT molecular complexity index is 567. The summed E-state index contributed by atoms with van der Waals surface area (Å²) >= 11 is 1.93. The van der Waals surface area contributed by atoms with Crippen molar-refractivity contribution >= 4 is 23.3 Å². The lowest BCUT2D eigenvalue weighted by molar-refractivity contribution is -0.130. The largest absolute Gasteiger partial charge is 0.478 e. The van der Waals surface area contributed by atoms with E-state index in [4.69, 9.17) is 0 Å². The van der Waals surface area contributed by atoms with E-state index in [0.29, 0.717) is 11.5 Å². The van der Waals surface area contributed by atoms with Crippen molar-refractivity contribution in [1.82, 2.24) is 0 Å². The second kappa shape index (κ2) is 6.27. The molecule has 0 bridgehead atoms. The van der Waals surface area contributed by atoms with Gasteiger partial charge in [0.05, 0.1) is 5.57 Å². The maximum Gasteiger partial charge on any atom is 0.335 e. The van der Waals surface area contributed by atoms with Gasteiger partial charge in [-0.1, -0.05) is 31.1 Å². The van der Waals surface area contributed by atoms with E-state index in [2.05, 4.69) is 13.0 Å². The highest BCUT2D eigenvalue weighted by Gasteiger charge is 2.23. The van der Waals surface area contributed by atoms with Crippen molar-refractivity contribution in [1.29, 1.82) is 0 Å². The van der Waals surface area contributed by atoms with Crippen molar-refractivity contribution in [3.05, 3.63) is 35.4 Å². The molecule has 2 fully saturated rings. The third-order valence-electron chi connectivity index (χ3n) is 4.34. The van der Waals surface area contributed by atoms with Gasteiger partial charge in [0, 0.05) is 10.1 Å². The highest BCUT2D eigenvalue weighted by molar-refractivity contribution is 8.00. The number of carboxylic acids is 1. The van der Waals surface area contributed by atoms with Crippen LogP contribution >= 0.6 is 11.8 Å². The number of benzene rings is 1. The lowest BCUT2D eigenvalue weighted by Gasteiger charge is -2.10. The molecule has 0 unspecified atom stereocenters. The van der Waals surface area contributed by atoms with Gasteiger partial charge < -0.3 is 5.11 Å². The number of carboxylic acid groups (broad SMARTS) is 1. The average Bonchev–Trinajstić information content (AvgIpc) is 3.11. The van der Waals surface area contributed by atoms with E-state index < -0.39 is 5.97 Å². The van der Waals surface area contributed by atoms with Gasteiger partial charge in [-0.2, -0.15) is 0 Å². The Balaban J connectivity index is 1.84. The van der Waals surface area contributed by atoms with Gasteiger partial charge in [0.2, 0.25) is 0 Å². The molecular weight excluding hydrogens is 280 g/mol. The first-order valence-corrected chi connectivity index (χ1v) is 8.74. The Labute approximate surface area is 130 Å². The molecule has 3 rings (SSSR count). The van der Waals surface area contributed by atoms with Crippen LogP contribution in [0.4, 0.5) is 0 Å². The van der Waals surface area contributed by atoms with Crippen molar-refractivity contribution in [2.45, 2.75) is 55.6 Å². The Morgan fingerprint density at radius 2 is 1.95 bits per heavy atom.